The molecular formula is C16H16F3N3O2. The molecule has 0 radical (unpaired) electrons. The number of aromatic nitrogens is 2. The monoisotopic (exact) mass is 339 g/mol. The zero-order valence-corrected chi connectivity index (χ0v) is 12.9. The van der Waals surface area contributed by atoms with Gasteiger partial charge in [-0.05, 0) is 24.1 Å². The zero-order chi connectivity index (χ0) is 17.5. The standard InChI is InChI=1S/C16H16F3N3O2/c1-21-8-13(20-9-21)15(24)22-7-12(23)6-14(22)10-3-2-4-11(5-10)16(17,18)19/h2-5,8-9,12,14,23H,6-7H2,1H3/t12-,14-/m1/s1. The summed E-state index contributed by atoms with van der Waals surface area (Å²) in [5.41, 5.74) is -0.221. The smallest absolute Gasteiger partial charge is 0.391 e. The average Bonchev–Trinajstić information content (AvgIpc) is 3.12. The number of hydrogen-bond donors (Lipinski definition) is 1. The second-order valence-electron chi connectivity index (χ2n) is 5.91. The lowest BCUT2D eigenvalue weighted by Gasteiger charge is -2.24. The fourth-order valence-electron chi connectivity index (χ4n) is 2.95. The molecule has 3 rings (SSSR count). The summed E-state index contributed by atoms with van der Waals surface area (Å²) in [6.07, 6.45) is -2.03. The van der Waals surface area contributed by atoms with Crippen LogP contribution >= 0.6 is 0 Å². The van der Waals surface area contributed by atoms with Gasteiger partial charge in [0, 0.05) is 19.8 Å². The second-order valence-corrected chi connectivity index (χ2v) is 5.91. The average molecular weight is 339 g/mol. The van der Waals surface area contributed by atoms with Gasteiger partial charge in [0.05, 0.1) is 24.0 Å². The Balaban J connectivity index is 1.92. The number of halogens is 3. The molecule has 0 spiro atoms. The van der Waals surface area contributed by atoms with Crippen LogP contribution in [-0.4, -0.2) is 38.1 Å². The van der Waals surface area contributed by atoms with E-state index in [0.717, 1.165) is 12.1 Å². The van der Waals surface area contributed by atoms with Crippen LogP contribution in [0.4, 0.5) is 13.2 Å². The number of alkyl halides is 3. The molecule has 2 heterocycles. The molecule has 1 aliphatic rings. The van der Waals surface area contributed by atoms with Crippen LogP contribution in [-0.2, 0) is 13.2 Å². The van der Waals surface area contributed by atoms with Gasteiger partial charge < -0.3 is 14.6 Å². The van der Waals surface area contributed by atoms with Crippen LogP contribution in [0.2, 0.25) is 0 Å². The number of rotatable bonds is 2. The Kier molecular flexibility index (Phi) is 4.08. The number of carbonyl (C=O) groups is 1. The zero-order valence-electron chi connectivity index (χ0n) is 12.9. The number of aliphatic hydroxyl groups excluding tert-OH is 1. The number of nitrogens with zero attached hydrogens (tertiary/aromatic N) is 3. The Bertz CT molecular complexity index is 757. The minimum atomic E-state index is -4.46. The molecule has 1 aromatic heterocycles. The molecule has 1 aliphatic heterocycles. The molecule has 8 heteroatoms. The highest BCUT2D eigenvalue weighted by atomic mass is 19.4. The summed E-state index contributed by atoms with van der Waals surface area (Å²) in [5, 5.41) is 9.92. The van der Waals surface area contributed by atoms with Crippen LogP contribution in [0, 0.1) is 0 Å². The van der Waals surface area contributed by atoms with Gasteiger partial charge in [-0.1, -0.05) is 12.1 Å². The molecule has 1 aromatic carbocycles. The van der Waals surface area contributed by atoms with Crippen molar-refractivity contribution in [1.82, 2.24) is 14.5 Å². The van der Waals surface area contributed by atoms with Crippen molar-refractivity contribution >= 4 is 5.91 Å². The Labute approximate surface area is 136 Å². The molecule has 1 saturated heterocycles. The van der Waals surface area contributed by atoms with E-state index in [9.17, 15) is 23.1 Å². The minimum Gasteiger partial charge on any atom is -0.391 e. The van der Waals surface area contributed by atoms with E-state index in [1.165, 1.54) is 29.6 Å². The summed E-state index contributed by atoms with van der Waals surface area (Å²) in [6.45, 7) is 0.0658. The van der Waals surface area contributed by atoms with Crippen molar-refractivity contribution < 1.29 is 23.1 Å². The van der Waals surface area contributed by atoms with Gasteiger partial charge in [0.1, 0.15) is 5.69 Å². The van der Waals surface area contributed by atoms with E-state index in [4.69, 9.17) is 0 Å². The first kappa shape index (κ1) is 16.5. The Morgan fingerprint density at radius 2 is 2.12 bits per heavy atom. The molecule has 128 valence electrons. The molecule has 1 amide bonds. The highest BCUT2D eigenvalue weighted by molar-refractivity contribution is 5.92. The van der Waals surface area contributed by atoms with Crippen molar-refractivity contribution in [2.24, 2.45) is 7.05 Å². The maximum absolute atomic E-state index is 12.9. The fraction of sp³-hybridized carbons (Fsp3) is 0.375. The molecule has 24 heavy (non-hydrogen) atoms. The van der Waals surface area contributed by atoms with Crippen LogP contribution in [0.1, 0.15) is 34.1 Å². The molecule has 1 N–H and O–H groups in total. The number of carbonyl (C=O) groups excluding carboxylic acids is 1. The molecule has 0 saturated carbocycles. The fourth-order valence-corrected chi connectivity index (χ4v) is 2.95. The number of likely N-dealkylation sites (tertiary alicyclic amines) is 1. The van der Waals surface area contributed by atoms with E-state index in [2.05, 4.69) is 4.98 Å². The Hall–Kier alpha value is -2.35. The summed E-state index contributed by atoms with van der Waals surface area (Å²) in [5.74, 6) is -0.408. The lowest BCUT2D eigenvalue weighted by atomic mass is 10.0. The lowest BCUT2D eigenvalue weighted by Crippen LogP contribution is -2.32. The molecule has 0 aliphatic carbocycles. The minimum absolute atomic E-state index is 0.0658. The maximum Gasteiger partial charge on any atom is 0.416 e. The van der Waals surface area contributed by atoms with Crippen LogP contribution < -0.4 is 0 Å². The molecule has 0 unspecified atom stereocenters. The van der Waals surface area contributed by atoms with Gasteiger partial charge in [0.2, 0.25) is 0 Å². The number of aliphatic hydroxyl groups is 1. The molecule has 0 bridgehead atoms. The van der Waals surface area contributed by atoms with E-state index in [0.29, 0.717) is 5.56 Å². The van der Waals surface area contributed by atoms with E-state index in [1.807, 2.05) is 0 Å². The Morgan fingerprint density at radius 3 is 2.75 bits per heavy atom. The molecule has 5 nitrogen and oxygen atoms in total. The third-order valence-corrected chi connectivity index (χ3v) is 4.06. The highest BCUT2D eigenvalue weighted by Crippen LogP contribution is 2.36. The Morgan fingerprint density at radius 1 is 1.38 bits per heavy atom. The van der Waals surface area contributed by atoms with E-state index in [-0.39, 0.29) is 18.7 Å². The quantitative estimate of drug-likeness (QED) is 0.914. The first-order valence-electron chi connectivity index (χ1n) is 7.40. The number of hydrogen-bond acceptors (Lipinski definition) is 3. The summed E-state index contributed by atoms with van der Waals surface area (Å²) in [7, 11) is 1.72. The van der Waals surface area contributed by atoms with Gasteiger partial charge >= 0.3 is 6.18 Å². The van der Waals surface area contributed by atoms with Crippen molar-refractivity contribution in [3.05, 3.63) is 53.6 Å². The van der Waals surface area contributed by atoms with Gasteiger partial charge in [-0.2, -0.15) is 13.2 Å². The van der Waals surface area contributed by atoms with Crippen LogP contribution in [0.25, 0.3) is 0 Å². The SMILES string of the molecule is Cn1cnc(C(=O)N2C[C@H](O)C[C@@H]2c2cccc(C(F)(F)F)c2)c1. The summed E-state index contributed by atoms with van der Waals surface area (Å²) in [6, 6.07) is 4.25. The molecule has 1 fully saturated rings. The third kappa shape index (κ3) is 3.14. The molecule has 2 atom stereocenters. The van der Waals surface area contributed by atoms with Crippen LogP contribution in [0.3, 0.4) is 0 Å². The predicted octanol–water partition coefficient (Wildman–Crippen LogP) is 2.39. The first-order valence-corrected chi connectivity index (χ1v) is 7.40. The number of amides is 1. The topological polar surface area (TPSA) is 58.4 Å². The van der Waals surface area contributed by atoms with Crippen molar-refractivity contribution in [3.8, 4) is 0 Å². The maximum atomic E-state index is 12.9. The summed E-state index contributed by atoms with van der Waals surface area (Å²) < 4.78 is 40.3. The van der Waals surface area contributed by atoms with Gasteiger partial charge in [-0.3, -0.25) is 4.79 Å². The van der Waals surface area contributed by atoms with E-state index < -0.39 is 29.8 Å². The largest absolute Gasteiger partial charge is 0.416 e. The normalized spacial score (nSPS) is 21.3. The predicted molar refractivity (Wildman–Crippen MR) is 79.1 cm³/mol. The van der Waals surface area contributed by atoms with Gasteiger partial charge in [-0.25, -0.2) is 4.98 Å². The summed E-state index contributed by atoms with van der Waals surface area (Å²) >= 11 is 0. The molecular weight excluding hydrogens is 323 g/mol. The van der Waals surface area contributed by atoms with E-state index in [1.54, 1.807) is 11.6 Å². The number of imidazole rings is 1. The van der Waals surface area contributed by atoms with Gasteiger partial charge in [0.15, 0.2) is 0 Å². The molecule has 2 aromatic rings. The second kappa shape index (κ2) is 5.94. The van der Waals surface area contributed by atoms with E-state index >= 15 is 0 Å². The van der Waals surface area contributed by atoms with Crippen molar-refractivity contribution in [1.29, 1.82) is 0 Å². The summed E-state index contributed by atoms with van der Waals surface area (Å²) in [4.78, 5) is 17.9. The number of aryl methyl sites for hydroxylation is 1. The first-order chi connectivity index (χ1) is 11.3. The van der Waals surface area contributed by atoms with Gasteiger partial charge in [0.25, 0.3) is 5.91 Å². The third-order valence-electron chi connectivity index (χ3n) is 4.06. The lowest BCUT2D eigenvalue weighted by molar-refractivity contribution is -0.137. The van der Waals surface area contributed by atoms with Crippen molar-refractivity contribution in [3.63, 3.8) is 0 Å². The number of benzene rings is 1. The van der Waals surface area contributed by atoms with Crippen molar-refractivity contribution in [2.45, 2.75) is 24.7 Å². The van der Waals surface area contributed by atoms with Crippen molar-refractivity contribution in [2.75, 3.05) is 6.54 Å². The highest BCUT2D eigenvalue weighted by Gasteiger charge is 2.38. The van der Waals surface area contributed by atoms with Gasteiger partial charge in [-0.15, -0.1) is 0 Å². The number of β-amino-alcohol motifs (C(OH)–C–C–N with tert-alkyl or cyclic N) is 1. The van der Waals surface area contributed by atoms with Crippen LogP contribution in [0.15, 0.2) is 36.8 Å². The van der Waals surface area contributed by atoms with Crippen LogP contribution in [0.5, 0.6) is 0 Å².